The Kier molecular flexibility index (Phi) is 5.42. The van der Waals surface area contributed by atoms with E-state index in [0.717, 1.165) is 19.5 Å². The lowest BCUT2D eigenvalue weighted by molar-refractivity contribution is 0.0743. The summed E-state index contributed by atoms with van der Waals surface area (Å²) in [4.78, 5) is 26.4. The molecule has 126 valence electrons. The molecule has 2 rings (SSSR count). The van der Waals surface area contributed by atoms with Crippen molar-refractivity contribution in [3.8, 4) is 0 Å². The highest BCUT2D eigenvalue weighted by Gasteiger charge is 2.24. The first-order chi connectivity index (χ1) is 10.8. The van der Waals surface area contributed by atoms with Gasteiger partial charge >= 0.3 is 0 Å². The second-order valence-electron chi connectivity index (χ2n) is 7.38. The highest BCUT2D eigenvalue weighted by Crippen LogP contribution is 2.14. The van der Waals surface area contributed by atoms with Crippen LogP contribution < -0.4 is 10.6 Å². The molecule has 1 aliphatic rings. The molecule has 1 aromatic carbocycles. The first kappa shape index (κ1) is 17.5. The molecule has 0 bridgehead atoms. The lowest BCUT2D eigenvalue weighted by Crippen LogP contribution is -2.38. The van der Waals surface area contributed by atoms with Crippen LogP contribution >= 0.6 is 0 Å². The van der Waals surface area contributed by atoms with Crippen LogP contribution in [0.25, 0.3) is 0 Å². The van der Waals surface area contributed by atoms with Gasteiger partial charge in [-0.2, -0.15) is 0 Å². The van der Waals surface area contributed by atoms with Crippen molar-refractivity contribution in [3.05, 3.63) is 35.4 Å². The molecular formula is C18H27N3O2. The third kappa shape index (κ3) is 4.79. The first-order valence-corrected chi connectivity index (χ1v) is 8.14. The van der Waals surface area contributed by atoms with Crippen LogP contribution in [-0.2, 0) is 0 Å². The monoisotopic (exact) mass is 317 g/mol. The minimum atomic E-state index is -0.104. The number of hydrogen-bond donors (Lipinski definition) is 2. The fourth-order valence-electron chi connectivity index (χ4n) is 2.55. The zero-order valence-electron chi connectivity index (χ0n) is 14.5. The lowest BCUT2D eigenvalue weighted by Gasteiger charge is -2.24. The Bertz CT molecular complexity index is 555. The van der Waals surface area contributed by atoms with Gasteiger partial charge in [0.25, 0.3) is 11.8 Å². The number of carbonyl (C=O) groups is 2. The van der Waals surface area contributed by atoms with E-state index in [4.69, 9.17) is 0 Å². The fourth-order valence-corrected chi connectivity index (χ4v) is 2.55. The molecule has 5 heteroatoms. The van der Waals surface area contributed by atoms with Gasteiger partial charge in [0.1, 0.15) is 0 Å². The molecule has 0 radical (unpaired) electrons. The molecule has 0 spiro atoms. The van der Waals surface area contributed by atoms with Crippen molar-refractivity contribution < 1.29 is 9.59 Å². The average Bonchev–Trinajstić information content (AvgIpc) is 3.05. The van der Waals surface area contributed by atoms with Gasteiger partial charge in [0.15, 0.2) is 0 Å². The van der Waals surface area contributed by atoms with Crippen LogP contribution in [0, 0.1) is 5.41 Å². The van der Waals surface area contributed by atoms with E-state index in [1.165, 1.54) is 0 Å². The van der Waals surface area contributed by atoms with E-state index in [1.54, 1.807) is 29.2 Å². The number of amides is 2. The summed E-state index contributed by atoms with van der Waals surface area (Å²) in [6.45, 7) is 8.63. The summed E-state index contributed by atoms with van der Waals surface area (Å²) in [5.41, 5.74) is 1.24. The molecule has 0 aromatic heterocycles. The third-order valence-electron chi connectivity index (χ3n) is 4.08. The molecule has 2 amide bonds. The maximum Gasteiger partial charge on any atom is 0.253 e. The van der Waals surface area contributed by atoms with Gasteiger partial charge in [0.05, 0.1) is 0 Å². The van der Waals surface area contributed by atoms with Crippen LogP contribution in [0.4, 0.5) is 0 Å². The Hall–Kier alpha value is -1.88. The van der Waals surface area contributed by atoms with Crippen molar-refractivity contribution in [2.24, 2.45) is 5.41 Å². The summed E-state index contributed by atoms with van der Waals surface area (Å²) in [7, 11) is 1.84. The molecule has 0 saturated carbocycles. The van der Waals surface area contributed by atoms with Gasteiger partial charge in [-0.3, -0.25) is 9.59 Å². The predicted molar refractivity (Wildman–Crippen MR) is 91.6 cm³/mol. The van der Waals surface area contributed by atoms with Crippen molar-refractivity contribution in [1.29, 1.82) is 0 Å². The van der Waals surface area contributed by atoms with E-state index in [9.17, 15) is 9.59 Å². The summed E-state index contributed by atoms with van der Waals surface area (Å²) in [6.07, 6.45) is 0.982. The number of nitrogens with zero attached hydrogens (tertiary/aromatic N) is 1. The second kappa shape index (κ2) is 7.13. The number of likely N-dealkylation sites (N-methyl/N-ethyl adjacent to an activating group) is 1. The third-order valence-corrected chi connectivity index (χ3v) is 4.08. The average molecular weight is 317 g/mol. The Balaban J connectivity index is 1.98. The number of benzene rings is 1. The van der Waals surface area contributed by atoms with Gasteiger partial charge in [-0.15, -0.1) is 0 Å². The molecule has 1 heterocycles. The van der Waals surface area contributed by atoms with Crippen LogP contribution in [-0.4, -0.2) is 49.4 Å². The molecule has 1 unspecified atom stereocenters. The van der Waals surface area contributed by atoms with Crippen molar-refractivity contribution in [1.82, 2.24) is 15.5 Å². The van der Waals surface area contributed by atoms with Crippen molar-refractivity contribution >= 4 is 11.8 Å². The smallest absolute Gasteiger partial charge is 0.253 e. The Morgan fingerprint density at radius 2 is 1.83 bits per heavy atom. The molecule has 1 fully saturated rings. The summed E-state index contributed by atoms with van der Waals surface area (Å²) in [6, 6.07) is 7.13. The maximum atomic E-state index is 12.5. The summed E-state index contributed by atoms with van der Waals surface area (Å²) in [5.74, 6) is -0.104. The summed E-state index contributed by atoms with van der Waals surface area (Å²) in [5, 5.41) is 6.18. The zero-order chi connectivity index (χ0) is 17.0. The Morgan fingerprint density at radius 3 is 2.35 bits per heavy atom. The molecule has 1 atom stereocenters. The molecule has 2 N–H and O–H groups in total. The molecule has 1 saturated heterocycles. The van der Waals surface area contributed by atoms with Crippen LogP contribution in [0.3, 0.4) is 0 Å². The van der Waals surface area contributed by atoms with Gasteiger partial charge in [0, 0.05) is 37.3 Å². The predicted octanol–water partition coefficient (Wildman–Crippen LogP) is 1.90. The van der Waals surface area contributed by atoms with Gasteiger partial charge in [-0.1, -0.05) is 20.8 Å². The minimum Gasteiger partial charge on any atom is -0.352 e. The number of rotatable bonds is 4. The van der Waals surface area contributed by atoms with Crippen molar-refractivity contribution in [2.75, 3.05) is 26.7 Å². The number of nitrogens with one attached hydrogen (secondary N) is 2. The van der Waals surface area contributed by atoms with Crippen LogP contribution in [0.1, 0.15) is 47.9 Å². The van der Waals surface area contributed by atoms with Gasteiger partial charge in [0.2, 0.25) is 0 Å². The molecule has 5 nitrogen and oxygen atoms in total. The first-order valence-electron chi connectivity index (χ1n) is 8.14. The van der Waals surface area contributed by atoms with E-state index in [2.05, 4.69) is 31.4 Å². The topological polar surface area (TPSA) is 61.4 Å². The molecule has 1 aromatic rings. The molecule has 1 aliphatic heterocycles. The summed E-state index contributed by atoms with van der Waals surface area (Å²) < 4.78 is 0. The van der Waals surface area contributed by atoms with Crippen molar-refractivity contribution in [2.45, 2.75) is 33.2 Å². The van der Waals surface area contributed by atoms with Crippen LogP contribution in [0.2, 0.25) is 0 Å². The highest BCUT2D eigenvalue weighted by molar-refractivity contribution is 5.97. The molecular weight excluding hydrogens is 290 g/mol. The maximum absolute atomic E-state index is 12.5. The number of carbonyl (C=O) groups excluding carboxylic acids is 2. The Morgan fingerprint density at radius 1 is 1.22 bits per heavy atom. The Labute approximate surface area is 138 Å². The largest absolute Gasteiger partial charge is 0.352 e. The summed E-state index contributed by atoms with van der Waals surface area (Å²) >= 11 is 0. The van der Waals surface area contributed by atoms with E-state index in [0.29, 0.717) is 17.7 Å². The van der Waals surface area contributed by atoms with E-state index >= 15 is 0 Å². The number of hydrogen-bond acceptors (Lipinski definition) is 3. The second-order valence-corrected chi connectivity index (χ2v) is 7.38. The van der Waals surface area contributed by atoms with Crippen LogP contribution in [0.15, 0.2) is 24.3 Å². The van der Waals surface area contributed by atoms with E-state index in [1.807, 2.05) is 7.05 Å². The SMILES string of the molecule is CN(C(=O)c1ccc(C(=O)NCC(C)(C)C)cc1)C1CCNC1. The van der Waals surface area contributed by atoms with Crippen molar-refractivity contribution in [3.63, 3.8) is 0 Å². The standard InChI is InChI=1S/C18H27N3O2/c1-18(2,3)12-20-16(22)13-5-7-14(8-6-13)17(23)21(4)15-9-10-19-11-15/h5-8,15,19H,9-12H2,1-4H3,(H,20,22). The lowest BCUT2D eigenvalue weighted by atomic mass is 9.97. The van der Waals surface area contributed by atoms with E-state index in [-0.39, 0.29) is 23.3 Å². The highest BCUT2D eigenvalue weighted by atomic mass is 16.2. The van der Waals surface area contributed by atoms with Gasteiger partial charge in [-0.05, 0) is 42.6 Å². The van der Waals surface area contributed by atoms with E-state index < -0.39 is 0 Å². The molecule has 23 heavy (non-hydrogen) atoms. The van der Waals surface area contributed by atoms with Gasteiger partial charge < -0.3 is 15.5 Å². The molecule has 0 aliphatic carbocycles. The quantitative estimate of drug-likeness (QED) is 0.891. The zero-order valence-corrected chi connectivity index (χ0v) is 14.5. The van der Waals surface area contributed by atoms with Gasteiger partial charge in [-0.25, -0.2) is 0 Å². The van der Waals surface area contributed by atoms with Crippen LogP contribution in [0.5, 0.6) is 0 Å². The minimum absolute atomic E-state index is 0.000324. The normalized spacial score (nSPS) is 17.8. The fraction of sp³-hybridized carbons (Fsp3) is 0.556.